The van der Waals surface area contributed by atoms with E-state index in [2.05, 4.69) is 10.4 Å². The first kappa shape index (κ1) is 12.9. The monoisotopic (exact) mass is 301 g/mol. The number of hydrazine groups is 1. The van der Waals surface area contributed by atoms with E-state index in [1.54, 1.807) is 16.0 Å². The van der Waals surface area contributed by atoms with Crippen molar-refractivity contribution in [2.24, 2.45) is 11.8 Å². The summed E-state index contributed by atoms with van der Waals surface area (Å²) in [6.45, 7) is 3.14. The number of sulfonamides is 1. The molecule has 104 valence electrons. The van der Waals surface area contributed by atoms with Gasteiger partial charge in [0, 0.05) is 24.7 Å². The van der Waals surface area contributed by atoms with Gasteiger partial charge < -0.3 is 5.43 Å². The van der Waals surface area contributed by atoms with Crippen molar-refractivity contribution in [3.05, 3.63) is 11.6 Å². The normalized spacial score (nSPS) is 21.3. The number of nitrogens with two attached hydrogens (primary N) is 1. The topological polar surface area (TPSA) is 92.7 Å². The molecule has 0 bridgehead atoms. The third-order valence-electron chi connectivity index (χ3n) is 3.33. The van der Waals surface area contributed by atoms with Crippen molar-refractivity contribution in [1.82, 2.24) is 13.7 Å². The largest absolute Gasteiger partial charge is 0.306 e. The van der Waals surface area contributed by atoms with Crippen LogP contribution < -0.4 is 11.3 Å². The lowest BCUT2D eigenvalue weighted by molar-refractivity contribution is 0.461. The van der Waals surface area contributed by atoms with Crippen LogP contribution in [0.1, 0.15) is 13.3 Å². The molecule has 0 amide bonds. The zero-order valence-corrected chi connectivity index (χ0v) is 12.0. The van der Waals surface area contributed by atoms with E-state index in [0.29, 0.717) is 24.0 Å². The van der Waals surface area contributed by atoms with Crippen LogP contribution in [-0.4, -0.2) is 35.2 Å². The van der Waals surface area contributed by atoms with Crippen molar-refractivity contribution in [2.75, 3.05) is 18.5 Å². The van der Waals surface area contributed by atoms with Gasteiger partial charge in [-0.05, 0) is 12.3 Å². The molecule has 0 saturated carbocycles. The first-order chi connectivity index (χ1) is 9.04. The Morgan fingerprint density at radius 2 is 2.37 bits per heavy atom. The lowest BCUT2D eigenvalue weighted by atomic mass is 10.2. The lowest BCUT2D eigenvalue weighted by Gasteiger charge is -2.16. The van der Waals surface area contributed by atoms with Crippen LogP contribution in [0.25, 0.3) is 4.96 Å². The Labute approximate surface area is 115 Å². The molecule has 1 aliphatic rings. The summed E-state index contributed by atoms with van der Waals surface area (Å²) in [6, 6.07) is 0. The molecule has 2 aromatic heterocycles. The first-order valence-corrected chi connectivity index (χ1v) is 8.28. The van der Waals surface area contributed by atoms with Gasteiger partial charge in [-0.15, -0.1) is 11.3 Å². The molecule has 3 heterocycles. The van der Waals surface area contributed by atoms with Gasteiger partial charge in [-0.2, -0.15) is 9.29 Å². The molecule has 1 saturated heterocycles. The van der Waals surface area contributed by atoms with Gasteiger partial charge in [0.05, 0.1) is 0 Å². The smallest absolute Gasteiger partial charge is 0.262 e. The number of fused-ring (bicyclic) bond motifs is 1. The number of aromatic nitrogens is 2. The van der Waals surface area contributed by atoms with E-state index in [4.69, 9.17) is 5.84 Å². The van der Waals surface area contributed by atoms with Crippen LogP contribution in [-0.2, 0) is 10.0 Å². The Morgan fingerprint density at radius 3 is 3.00 bits per heavy atom. The molecule has 9 heteroatoms. The molecule has 2 aromatic rings. The number of hydrogen-bond donors (Lipinski definition) is 2. The maximum absolute atomic E-state index is 12.7. The van der Waals surface area contributed by atoms with Crippen LogP contribution in [0.4, 0.5) is 5.82 Å². The summed E-state index contributed by atoms with van der Waals surface area (Å²) in [5.74, 6) is 5.98. The summed E-state index contributed by atoms with van der Waals surface area (Å²) in [5.41, 5.74) is 2.38. The van der Waals surface area contributed by atoms with Gasteiger partial charge in [0.1, 0.15) is 0 Å². The molecule has 0 aromatic carbocycles. The Morgan fingerprint density at radius 1 is 1.58 bits per heavy atom. The number of rotatable bonds is 3. The molecule has 19 heavy (non-hydrogen) atoms. The second-order valence-corrected chi connectivity index (χ2v) is 7.45. The Hall–Kier alpha value is -1.16. The number of thiazole rings is 1. The summed E-state index contributed by atoms with van der Waals surface area (Å²) in [6.07, 6.45) is 2.58. The van der Waals surface area contributed by atoms with Crippen molar-refractivity contribution in [3.8, 4) is 0 Å². The minimum absolute atomic E-state index is 0.125. The highest BCUT2D eigenvalue weighted by Gasteiger charge is 2.35. The van der Waals surface area contributed by atoms with E-state index in [1.807, 2.05) is 6.92 Å². The maximum Gasteiger partial charge on any atom is 0.262 e. The second kappa shape index (κ2) is 4.44. The van der Waals surface area contributed by atoms with Crippen molar-refractivity contribution >= 4 is 32.1 Å². The molecule has 0 aliphatic carbocycles. The van der Waals surface area contributed by atoms with Gasteiger partial charge in [0.15, 0.2) is 10.8 Å². The third kappa shape index (κ3) is 1.93. The fourth-order valence-electron chi connectivity index (χ4n) is 2.34. The number of imidazole rings is 1. The fraction of sp³-hybridized carbons (Fsp3) is 0.500. The number of anilines is 1. The molecule has 0 spiro atoms. The van der Waals surface area contributed by atoms with Gasteiger partial charge >= 0.3 is 0 Å². The van der Waals surface area contributed by atoms with Gasteiger partial charge in [0.25, 0.3) is 10.0 Å². The van der Waals surface area contributed by atoms with Crippen LogP contribution in [0.15, 0.2) is 16.6 Å². The van der Waals surface area contributed by atoms with Crippen molar-refractivity contribution < 1.29 is 8.42 Å². The molecule has 1 atom stereocenters. The quantitative estimate of drug-likeness (QED) is 0.643. The molecule has 3 rings (SSSR count). The van der Waals surface area contributed by atoms with E-state index in [1.165, 1.54) is 15.6 Å². The van der Waals surface area contributed by atoms with Crippen molar-refractivity contribution in [1.29, 1.82) is 0 Å². The average Bonchev–Trinajstić information content (AvgIpc) is 3.01. The van der Waals surface area contributed by atoms with E-state index in [0.717, 1.165) is 6.42 Å². The number of nitrogens with zero attached hydrogens (tertiary/aromatic N) is 3. The summed E-state index contributed by atoms with van der Waals surface area (Å²) in [4.78, 5) is 4.80. The summed E-state index contributed by atoms with van der Waals surface area (Å²) in [7, 11) is -3.57. The van der Waals surface area contributed by atoms with Crippen LogP contribution in [0.5, 0.6) is 0 Å². The predicted molar refractivity (Wildman–Crippen MR) is 73.4 cm³/mol. The lowest BCUT2D eigenvalue weighted by Crippen LogP contribution is -2.30. The molecule has 7 nitrogen and oxygen atoms in total. The highest BCUT2D eigenvalue weighted by Crippen LogP contribution is 2.30. The number of hydrogen-bond acceptors (Lipinski definition) is 6. The van der Waals surface area contributed by atoms with Gasteiger partial charge in [-0.1, -0.05) is 6.92 Å². The number of nitrogens with one attached hydrogen (secondary N) is 1. The van der Waals surface area contributed by atoms with E-state index < -0.39 is 10.0 Å². The second-order valence-electron chi connectivity index (χ2n) is 4.72. The molecule has 1 aliphatic heterocycles. The molecular weight excluding hydrogens is 286 g/mol. The molecule has 1 unspecified atom stereocenters. The van der Waals surface area contributed by atoms with Gasteiger partial charge in [-0.3, -0.25) is 4.40 Å². The Bertz CT molecular complexity index is 705. The highest BCUT2D eigenvalue weighted by molar-refractivity contribution is 7.89. The first-order valence-electron chi connectivity index (χ1n) is 5.96. The zero-order chi connectivity index (χ0) is 13.6. The zero-order valence-electron chi connectivity index (χ0n) is 10.4. The summed E-state index contributed by atoms with van der Waals surface area (Å²) in [5, 5.41) is 1.93. The minimum atomic E-state index is -3.57. The average molecular weight is 301 g/mol. The minimum Gasteiger partial charge on any atom is -0.306 e. The number of nitrogen functional groups attached to an aromatic ring is 1. The highest BCUT2D eigenvalue weighted by atomic mass is 32.2. The molecule has 1 fully saturated rings. The van der Waals surface area contributed by atoms with Gasteiger partial charge in [-0.25, -0.2) is 14.3 Å². The molecule has 3 N–H and O–H groups in total. The van der Waals surface area contributed by atoms with Crippen molar-refractivity contribution in [2.45, 2.75) is 18.4 Å². The summed E-state index contributed by atoms with van der Waals surface area (Å²) >= 11 is 1.37. The fourth-order valence-corrected chi connectivity index (χ4v) is 4.90. The maximum atomic E-state index is 12.7. The molecular formula is C10H15N5O2S2. The van der Waals surface area contributed by atoms with Crippen LogP contribution in [0.3, 0.4) is 0 Å². The Balaban J connectivity index is 2.14. The van der Waals surface area contributed by atoms with Crippen LogP contribution >= 0.6 is 11.3 Å². The summed E-state index contributed by atoms with van der Waals surface area (Å²) < 4.78 is 28.5. The van der Waals surface area contributed by atoms with E-state index >= 15 is 0 Å². The SMILES string of the molecule is CC1CCN(S(=O)(=O)c2c(NN)nc3sccn23)C1. The third-order valence-corrected chi connectivity index (χ3v) is 5.97. The van der Waals surface area contributed by atoms with E-state index in [-0.39, 0.29) is 10.8 Å². The van der Waals surface area contributed by atoms with E-state index in [9.17, 15) is 8.42 Å². The Kier molecular flexibility index (Phi) is 3.01. The van der Waals surface area contributed by atoms with Crippen LogP contribution in [0, 0.1) is 5.92 Å². The molecule has 0 radical (unpaired) electrons. The van der Waals surface area contributed by atoms with Gasteiger partial charge in [0.2, 0.25) is 5.03 Å². The van der Waals surface area contributed by atoms with Crippen LogP contribution in [0.2, 0.25) is 0 Å². The van der Waals surface area contributed by atoms with Crippen molar-refractivity contribution in [3.63, 3.8) is 0 Å². The predicted octanol–water partition coefficient (Wildman–Crippen LogP) is 0.712. The standard InChI is InChI=1S/C10H15N5O2S2/c1-7-2-3-14(6-7)19(16,17)9-8(13-11)12-10-15(9)4-5-18-10/h4-5,7,13H,2-3,6,11H2,1H3.